The van der Waals surface area contributed by atoms with Crippen molar-refractivity contribution in [1.29, 1.82) is 0 Å². The molecule has 3 aromatic carbocycles. The van der Waals surface area contributed by atoms with Gasteiger partial charge in [0.1, 0.15) is 17.3 Å². The highest BCUT2D eigenvalue weighted by Crippen LogP contribution is 2.36. The number of hydrogen-bond acceptors (Lipinski definition) is 2. The van der Waals surface area contributed by atoms with Crippen molar-refractivity contribution in [2.24, 2.45) is 0 Å². The summed E-state index contributed by atoms with van der Waals surface area (Å²) in [5, 5.41) is 3.64. The Bertz CT molecular complexity index is 1030. The predicted molar refractivity (Wildman–Crippen MR) is 106 cm³/mol. The minimum absolute atomic E-state index is 0.268. The van der Waals surface area contributed by atoms with Gasteiger partial charge < -0.3 is 5.32 Å². The van der Waals surface area contributed by atoms with Crippen LogP contribution < -0.4 is 10.2 Å². The lowest BCUT2D eigenvalue weighted by Crippen LogP contribution is -2.30. The second-order valence-corrected chi connectivity index (χ2v) is 6.80. The largest absolute Gasteiger partial charge is 0.351 e. The van der Waals surface area contributed by atoms with Gasteiger partial charge in [0.2, 0.25) is 0 Å². The smallest absolute Gasteiger partial charge is 0.275 e. The summed E-state index contributed by atoms with van der Waals surface area (Å²) in [6.07, 6.45) is 1.79. The lowest BCUT2D eigenvalue weighted by molar-refractivity contribution is -0.114. The van der Waals surface area contributed by atoms with Crippen molar-refractivity contribution in [2.45, 2.75) is 6.04 Å². The number of halogens is 3. The lowest BCUT2D eigenvalue weighted by Gasteiger charge is -2.25. The van der Waals surface area contributed by atoms with Gasteiger partial charge in [0, 0.05) is 16.4 Å². The number of benzene rings is 3. The van der Waals surface area contributed by atoms with Gasteiger partial charge in [-0.2, -0.15) is 0 Å². The first-order chi connectivity index (χ1) is 13.5. The number of anilines is 2. The van der Waals surface area contributed by atoms with Gasteiger partial charge in [-0.1, -0.05) is 23.7 Å². The van der Waals surface area contributed by atoms with E-state index in [1.165, 1.54) is 24.3 Å². The monoisotopic (exact) mass is 396 g/mol. The average molecular weight is 397 g/mol. The van der Waals surface area contributed by atoms with E-state index in [0.29, 0.717) is 22.1 Å². The van der Waals surface area contributed by atoms with Crippen LogP contribution in [0.5, 0.6) is 0 Å². The van der Waals surface area contributed by atoms with Crippen LogP contribution >= 0.6 is 11.6 Å². The Balaban J connectivity index is 1.72. The third-order valence-electron chi connectivity index (χ3n) is 4.49. The van der Waals surface area contributed by atoms with Crippen LogP contribution in [0.15, 0.2) is 84.6 Å². The van der Waals surface area contributed by atoms with E-state index in [9.17, 15) is 13.6 Å². The zero-order valence-corrected chi connectivity index (χ0v) is 15.3. The van der Waals surface area contributed by atoms with Crippen LogP contribution in [0.25, 0.3) is 0 Å². The highest BCUT2D eigenvalue weighted by Gasteiger charge is 2.34. The number of rotatable bonds is 4. The maximum Gasteiger partial charge on any atom is 0.275 e. The molecule has 0 aromatic heterocycles. The number of amides is 1. The Morgan fingerprint density at radius 3 is 2.00 bits per heavy atom. The minimum Gasteiger partial charge on any atom is -0.351 e. The molecule has 1 aliphatic heterocycles. The zero-order chi connectivity index (χ0) is 19.7. The number of carbonyl (C=O) groups excluding carboxylic acids is 1. The number of carbonyl (C=O) groups is 1. The molecule has 28 heavy (non-hydrogen) atoms. The van der Waals surface area contributed by atoms with E-state index in [-0.39, 0.29) is 17.5 Å². The number of hydrogen-bond donors (Lipinski definition) is 1. The van der Waals surface area contributed by atoms with Crippen molar-refractivity contribution in [1.82, 2.24) is 0 Å². The molecule has 3 nitrogen and oxygen atoms in total. The quantitative estimate of drug-likeness (QED) is 0.613. The van der Waals surface area contributed by atoms with Crippen LogP contribution in [-0.2, 0) is 4.79 Å². The standard InChI is InChI=1S/C22H15ClF2N2O/c23-15-3-1-14(2-4-15)21-13-20(26-18-9-5-16(24)6-10-18)22(28)27(21)19-11-7-17(25)8-12-19/h1-13,21,26H/t21-/m1/s1. The lowest BCUT2D eigenvalue weighted by atomic mass is 10.1. The highest BCUT2D eigenvalue weighted by atomic mass is 35.5. The molecular weight excluding hydrogens is 382 g/mol. The van der Waals surface area contributed by atoms with Crippen molar-refractivity contribution < 1.29 is 13.6 Å². The molecule has 3 aromatic rings. The van der Waals surface area contributed by atoms with Crippen molar-refractivity contribution in [3.05, 3.63) is 107 Å². The molecule has 0 unspecified atom stereocenters. The van der Waals surface area contributed by atoms with Gasteiger partial charge in [-0.3, -0.25) is 9.69 Å². The molecule has 1 N–H and O–H groups in total. The highest BCUT2D eigenvalue weighted by molar-refractivity contribution is 6.30. The van der Waals surface area contributed by atoms with Crippen LogP contribution in [0.1, 0.15) is 11.6 Å². The van der Waals surface area contributed by atoms with Gasteiger partial charge >= 0.3 is 0 Å². The van der Waals surface area contributed by atoms with Crippen molar-refractivity contribution in [2.75, 3.05) is 10.2 Å². The van der Waals surface area contributed by atoms with E-state index in [1.807, 2.05) is 12.1 Å². The molecule has 0 spiro atoms. The Kier molecular flexibility index (Phi) is 4.84. The maximum atomic E-state index is 13.4. The molecule has 1 heterocycles. The predicted octanol–water partition coefficient (Wildman–Crippen LogP) is 5.70. The molecule has 0 saturated heterocycles. The Morgan fingerprint density at radius 1 is 0.821 bits per heavy atom. The van der Waals surface area contributed by atoms with Crippen LogP contribution in [-0.4, -0.2) is 5.91 Å². The van der Waals surface area contributed by atoms with E-state index in [0.717, 1.165) is 5.56 Å². The fourth-order valence-electron chi connectivity index (χ4n) is 3.13. The van der Waals surface area contributed by atoms with Crippen molar-refractivity contribution >= 4 is 28.9 Å². The summed E-state index contributed by atoms with van der Waals surface area (Å²) < 4.78 is 26.5. The Morgan fingerprint density at radius 2 is 1.39 bits per heavy atom. The average Bonchev–Trinajstić information content (AvgIpc) is 3.01. The van der Waals surface area contributed by atoms with Crippen LogP contribution in [0, 0.1) is 11.6 Å². The summed E-state index contributed by atoms with van der Waals surface area (Å²) in [5.41, 5.74) is 2.38. The SMILES string of the molecule is O=C1C(Nc2ccc(F)cc2)=C[C@H](c2ccc(Cl)cc2)N1c1ccc(F)cc1. The first-order valence-electron chi connectivity index (χ1n) is 8.60. The summed E-state index contributed by atoms with van der Waals surface area (Å²) in [4.78, 5) is 14.7. The first kappa shape index (κ1) is 18.2. The van der Waals surface area contributed by atoms with E-state index < -0.39 is 6.04 Å². The molecule has 6 heteroatoms. The van der Waals surface area contributed by atoms with E-state index in [4.69, 9.17) is 11.6 Å². The van der Waals surface area contributed by atoms with Crippen molar-refractivity contribution in [3.8, 4) is 0 Å². The minimum atomic E-state index is -0.391. The number of nitrogens with one attached hydrogen (secondary N) is 1. The van der Waals surface area contributed by atoms with Gasteiger partial charge in [-0.15, -0.1) is 0 Å². The molecule has 1 amide bonds. The van der Waals surface area contributed by atoms with Gasteiger partial charge in [-0.05, 0) is 72.3 Å². The topological polar surface area (TPSA) is 32.3 Å². The van der Waals surface area contributed by atoms with Gasteiger partial charge in [0.05, 0.1) is 6.04 Å². The van der Waals surface area contributed by atoms with Gasteiger partial charge in [0.15, 0.2) is 0 Å². The van der Waals surface area contributed by atoms with Gasteiger partial charge in [0.25, 0.3) is 5.91 Å². The molecule has 0 aliphatic carbocycles. The number of nitrogens with zero attached hydrogens (tertiary/aromatic N) is 1. The third-order valence-corrected chi connectivity index (χ3v) is 4.74. The normalized spacial score (nSPS) is 16.2. The first-order valence-corrected chi connectivity index (χ1v) is 8.98. The molecule has 0 bridgehead atoms. The molecule has 1 aliphatic rings. The summed E-state index contributed by atoms with van der Waals surface area (Å²) in [6.45, 7) is 0. The molecule has 0 fully saturated rings. The Labute approximate surface area is 165 Å². The van der Waals surface area contributed by atoms with Gasteiger partial charge in [-0.25, -0.2) is 8.78 Å². The van der Waals surface area contributed by atoms with Crippen molar-refractivity contribution in [3.63, 3.8) is 0 Å². The van der Waals surface area contributed by atoms with E-state index in [1.54, 1.807) is 47.4 Å². The zero-order valence-electron chi connectivity index (χ0n) is 14.6. The maximum absolute atomic E-state index is 13.4. The molecule has 0 saturated carbocycles. The third kappa shape index (κ3) is 3.62. The van der Waals surface area contributed by atoms with Crippen LogP contribution in [0.2, 0.25) is 5.02 Å². The molecular formula is C22H15ClF2N2O. The summed E-state index contributed by atoms with van der Waals surface area (Å²) in [5.74, 6) is -1.00. The summed E-state index contributed by atoms with van der Waals surface area (Å²) >= 11 is 5.99. The second-order valence-electron chi connectivity index (χ2n) is 6.36. The molecule has 4 rings (SSSR count). The van der Waals surface area contributed by atoms with E-state index in [2.05, 4.69) is 5.32 Å². The Hall–Kier alpha value is -3.18. The summed E-state index contributed by atoms with van der Waals surface area (Å²) in [6, 6.07) is 18.3. The molecule has 140 valence electrons. The van der Waals surface area contributed by atoms with Crippen LogP contribution in [0.3, 0.4) is 0 Å². The summed E-state index contributed by atoms with van der Waals surface area (Å²) in [7, 11) is 0. The van der Waals surface area contributed by atoms with Crippen LogP contribution in [0.4, 0.5) is 20.2 Å². The molecule has 1 atom stereocenters. The second kappa shape index (κ2) is 7.44. The van der Waals surface area contributed by atoms with E-state index >= 15 is 0 Å². The fraction of sp³-hybridized carbons (Fsp3) is 0.0455. The molecule has 0 radical (unpaired) electrons. The fourth-order valence-corrected chi connectivity index (χ4v) is 3.25.